The minimum Gasteiger partial charge on any atom is -0.352 e. The summed E-state index contributed by atoms with van der Waals surface area (Å²) < 4.78 is 31.0. The molecule has 1 N–H and O–H groups in total. The summed E-state index contributed by atoms with van der Waals surface area (Å²) in [6, 6.07) is 6.75. The van der Waals surface area contributed by atoms with Crippen molar-refractivity contribution in [3.8, 4) is 10.7 Å². The minimum atomic E-state index is -1.06. The van der Waals surface area contributed by atoms with Crippen LogP contribution in [0.5, 0.6) is 0 Å². The van der Waals surface area contributed by atoms with Gasteiger partial charge in [0.1, 0.15) is 0 Å². The van der Waals surface area contributed by atoms with Crippen LogP contribution in [0.2, 0.25) is 0 Å². The highest BCUT2D eigenvalue weighted by molar-refractivity contribution is 7.13. The normalized spacial score (nSPS) is 10.7. The Morgan fingerprint density at radius 1 is 1.26 bits per heavy atom. The zero-order valence-corrected chi connectivity index (χ0v) is 12.6. The molecule has 1 amide bonds. The number of benzene rings is 1. The van der Waals surface area contributed by atoms with Crippen LogP contribution in [-0.2, 0) is 6.42 Å². The molecule has 5 nitrogen and oxygen atoms in total. The number of hydrogen-bond acceptors (Lipinski definition) is 5. The highest BCUT2D eigenvalue weighted by atomic mass is 32.1. The van der Waals surface area contributed by atoms with Gasteiger partial charge in [0, 0.05) is 18.5 Å². The average molecular weight is 335 g/mol. The fourth-order valence-corrected chi connectivity index (χ4v) is 2.53. The van der Waals surface area contributed by atoms with Gasteiger partial charge >= 0.3 is 0 Å². The molecule has 2 aromatic heterocycles. The van der Waals surface area contributed by atoms with Crippen molar-refractivity contribution in [1.82, 2.24) is 15.5 Å². The van der Waals surface area contributed by atoms with Gasteiger partial charge in [-0.05, 0) is 29.6 Å². The molecule has 118 valence electrons. The van der Waals surface area contributed by atoms with Crippen LogP contribution < -0.4 is 5.32 Å². The second-order valence-corrected chi connectivity index (χ2v) is 5.57. The van der Waals surface area contributed by atoms with Gasteiger partial charge in [0.05, 0.1) is 4.88 Å². The number of thiophene rings is 1. The molecular weight excluding hydrogens is 324 g/mol. The average Bonchev–Trinajstić information content (AvgIpc) is 3.20. The van der Waals surface area contributed by atoms with Gasteiger partial charge in [0.2, 0.25) is 11.7 Å². The number of carbonyl (C=O) groups is 1. The van der Waals surface area contributed by atoms with Crippen LogP contribution in [0.1, 0.15) is 16.2 Å². The van der Waals surface area contributed by atoms with E-state index < -0.39 is 17.5 Å². The van der Waals surface area contributed by atoms with E-state index in [9.17, 15) is 13.6 Å². The van der Waals surface area contributed by atoms with Crippen molar-refractivity contribution in [3.05, 3.63) is 58.8 Å². The van der Waals surface area contributed by atoms with Crippen LogP contribution >= 0.6 is 11.3 Å². The number of hydrogen-bond donors (Lipinski definition) is 1. The lowest BCUT2D eigenvalue weighted by molar-refractivity contribution is 0.0953. The van der Waals surface area contributed by atoms with Crippen LogP contribution in [0.15, 0.2) is 40.2 Å². The third-order valence-corrected chi connectivity index (χ3v) is 3.88. The summed E-state index contributed by atoms with van der Waals surface area (Å²) >= 11 is 1.50. The molecule has 0 fully saturated rings. The first-order valence-electron chi connectivity index (χ1n) is 6.73. The molecule has 23 heavy (non-hydrogen) atoms. The first kappa shape index (κ1) is 15.3. The zero-order valence-electron chi connectivity index (χ0n) is 11.8. The number of halogens is 2. The molecule has 2 heterocycles. The van der Waals surface area contributed by atoms with Crippen LogP contribution in [0.3, 0.4) is 0 Å². The number of carbonyl (C=O) groups excluding carboxylic acids is 1. The molecule has 0 aliphatic heterocycles. The van der Waals surface area contributed by atoms with Gasteiger partial charge in [-0.3, -0.25) is 4.79 Å². The van der Waals surface area contributed by atoms with Gasteiger partial charge in [-0.25, -0.2) is 8.78 Å². The first-order chi connectivity index (χ1) is 11.1. The van der Waals surface area contributed by atoms with Crippen LogP contribution in [0, 0.1) is 11.6 Å². The van der Waals surface area contributed by atoms with Crippen molar-refractivity contribution in [2.24, 2.45) is 0 Å². The van der Waals surface area contributed by atoms with E-state index in [0.29, 0.717) is 18.1 Å². The Kier molecular flexibility index (Phi) is 4.42. The summed E-state index contributed by atoms with van der Waals surface area (Å²) in [7, 11) is 0. The summed E-state index contributed by atoms with van der Waals surface area (Å²) in [6.07, 6.45) is 0.341. The Bertz CT molecular complexity index is 818. The monoisotopic (exact) mass is 335 g/mol. The van der Waals surface area contributed by atoms with E-state index in [1.807, 2.05) is 17.5 Å². The van der Waals surface area contributed by atoms with E-state index in [2.05, 4.69) is 15.5 Å². The Labute approximate surface area is 134 Å². The van der Waals surface area contributed by atoms with Crippen molar-refractivity contribution in [1.29, 1.82) is 0 Å². The largest absolute Gasteiger partial charge is 0.352 e. The Morgan fingerprint density at radius 3 is 2.87 bits per heavy atom. The maximum absolute atomic E-state index is 13.1. The maximum atomic E-state index is 13.1. The lowest BCUT2D eigenvalue weighted by Crippen LogP contribution is -2.25. The molecule has 0 atom stereocenters. The van der Waals surface area contributed by atoms with E-state index in [1.54, 1.807) is 0 Å². The molecular formula is C15H11F2N3O2S. The molecule has 8 heteroatoms. The van der Waals surface area contributed by atoms with Crippen molar-refractivity contribution >= 4 is 17.2 Å². The van der Waals surface area contributed by atoms with Crippen molar-refractivity contribution in [2.75, 3.05) is 6.54 Å². The number of nitrogens with zero attached hydrogens (tertiary/aromatic N) is 2. The highest BCUT2D eigenvalue weighted by Crippen LogP contribution is 2.21. The zero-order chi connectivity index (χ0) is 16.2. The van der Waals surface area contributed by atoms with E-state index in [0.717, 1.165) is 17.0 Å². The number of aromatic nitrogens is 2. The summed E-state index contributed by atoms with van der Waals surface area (Å²) in [5.41, 5.74) is 0.0497. The SMILES string of the molecule is O=C(NCCc1nc(-c2cccs2)no1)c1ccc(F)c(F)c1. The van der Waals surface area contributed by atoms with Crippen LogP contribution in [-0.4, -0.2) is 22.6 Å². The van der Waals surface area contributed by atoms with Gasteiger partial charge in [-0.1, -0.05) is 11.2 Å². The molecule has 0 aliphatic rings. The minimum absolute atomic E-state index is 0.0497. The van der Waals surface area contributed by atoms with Crippen molar-refractivity contribution in [3.63, 3.8) is 0 Å². The molecule has 0 saturated heterocycles. The summed E-state index contributed by atoms with van der Waals surface area (Å²) in [5.74, 6) is -1.66. The predicted molar refractivity (Wildman–Crippen MR) is 80.0 cm³/mol. The van der Waals surface area contributed by atoms with Gasteiger partial charge in [0.15, 0.2) is 11.6 Å². The van der Waals surface area contributed by atoms with E-state index >= 15 is 0 Å². The quantitative estimate of drug-likeness (QED) is 0.778. The lowest BCUT2D eigenvalue weighted by atomic mass is 10.2. The lowest BCUT2D eigenvalue weighted by Gasteiger charge is -2.03. The molecule has 3 aromatic rings. The maximum Gasteiger partial charge on any atom is 0.251 e. The number of amides is 1. The van der Waals surface area contributed by atoms with E-state index in [1.165, 1.54) is 17.4 Å². The van der Waals surface area contributed by atoms with Crippen molar-refractivity contribution in [2.45, 2.75) is 6.42 Å². The topological polar surface area (TPSA) is 68.0 Å². The second-order valence-electron chi connectivity index (χ2n) is 4.62. The van der Waals surface area contributed by atoms with E-state index in [-0.39, 0.29) is 12.1 Å². The smallest absolute Gasteiger partial charge is 0.251 e. The van der Waals surface area contributed by atoms with Gasteiger partial charge in [-0.15, -0.1) is 11.3 Å². The second kappa shape index (κ2) is 6.66. The molecule has 0 unspecified atom stereocenters. The first-order valence-corrected chi connectivity index (χ1v) is 7.61. The fourth-order valence-electron chi connectivity index (χ4n) is 1.88. The summed E-state index contributed by atoms with van der Waals surface area (Å²) in [4.78, 5) is 16.9. The van der Waals surface area contributed by atoms with Crippen molar-refractivity contribution < 1.29 is 18.1 Å². The van der Waals surface area contributed by atoms with Crippen LogP contribution in [0.25, 0.3) is 10.7 Å². The molecule has 0 bridgehead atoms. The Morgan fingerprint density at radius 2 is 2.13 bits per heavy atom. The molecule has 0 aliphatic carbocycles. The predicted octanol–water partition coefficient (Wildman–Crippen LogP) is 3.05. The van der Waals surface area contributed by atoms with Crippen LogP contribution in [0.4, 0.5) is 8.78 Å². The third kappa shape index (κ3) is 3.59. The highest BCUT2D eigenvalue weighted by Gasteiger charge is 2.12. The van der Waals surface area contributed by atoms with Gasteiger partial charge in [-0.2, -0.15) is 4.98 Å². The third-order valence-electron chi connectivity index (χ3n) is 3.02. The molecule has 3 rings (SSSR count). The van der Waals surface area contributed by atoms with Gasteiger partial charge < -0.3 is 9.84 Å². The molecule has 0 spiro atoms. The fraction of sp³-hybridized carbons (Fsp3) is 0.133. The Balaban J connectivity index is 1.55. The molecule has 0 radical (unpaired) electrons. The number of nitrogens with one attached hydrogen (secondary N) is 1. The molecule has 1 aromatic carbocycles. The standard InChI is InChI=1S/C15H11F2N3O2S/c16-10-4-3-9(8-11(10)17)15(21)18-6-5-13-19-14(20-22-13)12-2-1-7-23-12/h1-4,7-8H,5-6H2,(H,18,21). The Hall–Kier alpha value is -2.61. The van der Waals surface area contributed by atoms with E-state index in [4.69, 9.17) is 4.52 Å². The van der Waals surface area contributed by atoms with Gasteiger partial charge in [0.25, 0.3) is 5.91 Å². The number of rotatable bonds is 5. The summed E-state index contributed by atoms with van der Waals surface area (Å²) in [6.45, 7) is 0.240. The summed E-state index contributed by atoms with van der Waals surface area (Å²) in [5, 5.41) is 8.35. The molecule has 0 saturated carbocycles.